The third-order valence-electron chi connectivity index (χ3n) is 3.20. The zero-order valence-electron chi connectivity index (χ0n) is 11.3. The maximum atomic E-state index is 13.1. The zero-order chi connectivity index (χ0) is 15.0. The van der Waals surface area contributed by atoms with Crippen LogP contribution in [-0.2, 0) is 4.74 Å². The summed E-state index contributed by atoms with van der Waals surface area (Å²) >= 11 is 1.31. The van der Waals surface area contributed by atoms with E-state index in [1.165, 1.54) is 28.5 Å². The van der Waals surface area contributed by atoms with E-state index in [1.54, 1.807) is 25.3 Å². The third-order valence-corrected chi connectivity index (χ3v) is 4.26. The van der Waals surface area contributed by atoms with Crippen LogP contribution in [0.15, 0.2) is 35.5 Å². The van der Waals surface area contributed by atoms with Crippen molar-refractivity contribution in [2.24, 2.45) is 0 Å². The quantitative estimate of drug-likeness (QED) is 0.817. The number of aromatic nitrogens is 1. The van der Waals surface area contributed by atoms with Crippen LogP contribution in [0.1, 0.15) is 22.1 Å². The van der Waals surface area contributed by atoms with Gasteiger partial charge >= 0.3 is 5.97 Å². The van der Waals surface area contributed by atoms with Gasteiger partial charge in [-0.3, -0.25) is 9.36 Å². The van der Waals surface area contributed by atoms with Gasteiger partial charge in [0.05, 0.1) is 22.9 Å². The summed E-state index contributed by atoms with van der Waals surface area (Å²) in [5, 5.41) is 0.595. The van der Waals surface area contributed by atoms with E-state index >= 15 is 0 Å². The van der Waals surface area contributed by atoms with Gasteiger partial charge in [0.25, 0.3) is 0 Å². The van der Waals surface area contributed by atoms with Crippen LogP contribution in [0.2, 0.25) is 0 Å². The zero-order valence-corrected chi connectivity index (χ0v) is 12.1. The monoisotopic (exact) mass is 305 g/mol. The molecule has 6 heteroatoms. The molecule has 1 aromatic heterocycles. The highest BCUT2D eigenvalue weighted by atomic mass is 32.2. The minimum atomic E-state index is -0.465. The number of thioether (sulfide) groups is 1. The molecule has 0 bridgehead atoms. The van der Waals surface area contributed by atoms with Crippen LogP contribution in [0, 0.1) is 5.82 Å². The van der Waals surface area contributed by atoms with E-state index in [-0.39, 0.29) is 18.3 Å². The van der Waals surface area contributed by atoms with Crippen molar-refractivity contribution in [1.29, 1.82) is 0 Å². The molecular formula is C15H12FNO3S. The number of ether oxygens (including phenoxy) is 1. The predicted octanol–water partition coefficient (Wildman–Crippen LogP) is 3.22. The van der Waals surface area contributed by atoms with Crippen LogP contribution in [-0.4, -0.2) is 28.8 Å². The second kappa shape index (κ2) is 5.37. The Morgan fingerprint density at radius 3 is 2.76 bits per heavy atom. The Balaban J connectivity index is 2.16. The molecule has 21 heavy (non-hydrogen) atoms. The van der Waals surface area contributed by atoms with Crippen LogP contribution >= 0.6 is 11.8 Å². The summed E-state index contributed by atoms with van der Waals surface area (Å²) in [7, 11) is 0. The van der Waals surface area contributed by atoms with Crippen molar-refractivity contribution in [3.63, 3.8) is 0 Å². The summed E-state index contributed by atoms with van der Waals surface area (Å²) in [6.07, 6.45) is 1.62. The lowest BCUT2D eigenvalue weighted by atomic mass is 10.0. The highest BCUT2D eigenvalue weighted by molar-refractivity contribution is 8.00. The van der Waals surface area contributed by atoms with E-state index in [9.17, 15) is 14.0 Å². The molecule has 108 valence electrons. The summed E-state index contributed by atoms with van der Waals surface area (Å²) in [4.78, 5) is 24.0. The SMILES string of the molecule is CCOC(=O)c1c(-c2ccc(F)cc2)cn2c1SCC2=O. The van der Waals surface area contributed by atoms with Gasteiger partial charge in [0.1, 0.15) is 5.82 Å². The molecule has 1 aliphatic rings. The van der Waals surface area contributed by atoms with Gasteiger partial charge in [0, 0.05) is 11.8 Å². The van der Waals surface area contributed by atoms with Crippen molar-refractivity contribution in [2.45, 2.75) is 11.9 Å². The van der Waals surface area contributed by atoms with Gasteiger partial charge in [-0.15, -0.1) is 0 Å². The highest BCUT2D eigenvalue weighted by Crippen LogP contribution is 2.38. The molecule has 0 N–H and O–H groups in total. The van der Waals surface area contributed by atoms with Crippen molar-refractivity contribution in [3.05, 3.63) is 41.8 Å². The molecule has 0 unspecified atom stereocenters. The van der Waals surface area contributed by atoms with Crippen LogP contribution in [0.5, 0.6) is 0 Å². The lowest BCUT2D eigenvalue weighted by Gasteiger charge is -2.05. The predicted molar refractivity (Wildman–Crippen MR) is 77.1 cm³/mol. The minimum absolute atomic E-state index is 0.0751. The molecule has 0 amide bonds. The van der Waals surface area contributed by atoms with Crippen molar-refractivity contribution in [3.8, 4) is 11.1 Å². The average Bonchev–Trinajstić information content (AvgIpc) is 3.00. The Hall–Kier alpha value is -2.08. The number of carbonyl (C=O) groups is 2. The fourth-order valence-electron chi connectivity index (χ4n) is 2.26. The van der Waals surface area contributed by atoms with E-state index < -0.39 is 5.97 Å². The number of rotatable bonds is 3. The van der Waals surface area contributed by atoms with E-state index in [4.69, 9.17) is 4.74 Å². The summed E-state index contributed by atoms with van der Waals surface area (Å²) in [6, 6.07) is 5.81. The number of nitrogens with zero attached hydrogens (tertiary/aromatic N) is 1. The summed E-state index contributed by atoms with van der Waals surface area (Å²) in [5.41, 5.74) is 1.64. The van der Waals surface area contributed by atoms with Crippen molar-refractivity contribution >= 4 is 23.6 Å². The number of carbonyl (C=O) groups excluding carboxylic acids is 2. The maximum absolute atomic E-state index is 13.1. The highest BCUT2D eigenvalue weighted by Gasteiger charge is 2.31. The molecular weight excluding hydrogens is 293 g/mol. The molecule has 2 heterocycles. The first-order valence-corrected chi connectivity index (χ1v) is 7.44. The smallest absolute Gasteiger partial charge is 0.341 e. The van der Waals surface area contributed by atoms with Crippen molar-refractivity contribution in [1.82, 2.24) is 4.57 Å². The van der Waals surface area contributed by atoms with Crippen LogP contribution in [0.3, 0.4) is 0 Å². The van der Waals surface area contributed by atoms with E-state index in [2.05, 4.69) is 0 Å². The third kappa shape index (κ3) is 2.35. The second-order valence-electron chi connectivity index (χ2n) is 4.50. The summed E-state index contributed by atoms with van der Waals surface area (Å²) in [6.45, 7) is 1.98. The Morgan fingerprint density at radius 2 is 2.10 bits per heavy atom. The van der Waals surface area contributed by atoms with Gasteiger partial charge in [-0.25, -0.2) is 9.18 Å². The molecule has 0 aliphatic carbocycles. The molecule has 3 rings (SSSR count). The molecule has 4 nitrogen and oxygen atoms in total. The molecule has 0 saturated heterocycles. The average molecular weight is 305 g/mol. The molecule has 1 aromatic carbocycles. The molecule has 0 atom stereocenters. The number of fused-ring (bicyclic) bond motifs is 1. The molecule has 0 fully saturated rings. The summed E-state index contributed by atoms with van der Waals surface area (Å²) < 4.78 is 19.6. The standard InChI is InChI=1S/C15H12FNO3S/c1-2-20-15(19)13-11(9-3-5-10(16)6-4-9)7-17-12(18)8-21-14(13)17/h3-7H,2,8H2,1H3. The first-order valence-electron chi connectivity index (χ1n) is 6.46. The van der Waals surface area contributed by atoms with Crippen LogP contribution < -0.4 is 0 Å². The first kappa shape index (κ1) is 13.9. The number of esters is 1. The Labute approximate surface area is 124 Å². The fraction of sp³-hybridized carbons (Fsp3) is 0.200. The Kier molecular flexibility index (Phi) is 3.55. The van der Waals surface area contributed by atoms with Gasteiger partial charge in [0.2, 0.25) is 5.91 Å². The Bertz CT molecular complexity index is 721. The molecule has 2 aromatic rings. The van der Waals surface area contributed by atoms with E-state index in [1.807, 2.05) is 0 Å². The van der Waals surface area contributed by atoms with Gasteiger partial charge in [-0.05, 0) is 24.6 Å². The van der Waals surface area contributed by atoms with Gasteiger partial charge < -0.3 is 4.74 Å². The topological polar surface area (TPSA) is 48.3 Å². The van der Waals surface area contributed by atoms with E-state index in [0.29, 0.717) is 27.5 Å². The van der Waals surface area contributed by atoms with Gasteiger partial charge in [-0.2, -0.15) is 0 Å². The molecule has 0 radical (unpaired) electrons. The summed E-state index contributed by atoms with van der Waals surface area (Å²) in [5.74, 6) is -0.582. The number of hydrogen-bond acceptors (Lipinski definition) is 4. The van der Waals surface area contributed by atoms with Crippen LogP contribution in [0.25, 0.3) is 11.1 Å². The van der Waals surface area contributed by atoms with Crippen molar-refractivity contribution < 1.29 is 18.7 Å². The molecule has 0 saturated carbocycles. The first-order chi connectivity index (χ1) is 10.1. The van der Waals surface area contributed by atoms with Gasteiger partial charge in [0.15, 0.2) is 0 Å². The number of halogens is 1. The fourth-order valence-corrected chi connectivity index (χ4v) is 3.29. The molecule has 0 spiro atoms. The minimum Gasteiger partial charge on any atom is -0.462 e. The lowest BCUT2D eigenvalue weighted by Crippen LogP contribution is -2.07. The number of hydrogen-bond donors (Lipinski definition) is 0. The molecule has 1 aliphatic heterocycles. The lowest BCUT2D eigenvalue weighted by molar-refractivity contribution is 0.0523. The number of benzene rings is 1. The normalized spacial score (nSPS) is 13.3. The second-order valence-corrected chi connectivity index (χ2v) is 5.47. The van der Waals surface area contributed by atoms with Gasteiger partial charge in [-0.1, -0.05) is 23.9 Å². The maximum Gasteiger partial charge on any atom is 0.341 e. The largest absolute Gasteiger partial charge is 0.462 e. The van der Waals surface area contributed by atoms with Crippen molar-refractivity contribution in [2.75, 3.05) is 12.4 Å². The van der Waals surface area contributed by atoms with E-state index in [0.717, 1.165) is 0 Å². The Morgan fingerprint density at radius 1 is 1.38 bits per heavy atom. The van der Waals surface area contributed by atoms with Crippen LogP contribution in [0.4, 0.5) is 4.39 Å².